The number of epoxide rings is 1. The molecule has 1 aromatic carbocycles. The third-order valence-corrected chi connectivity index (χ3v) is 3.57. The molecule has 0 aliphatic carbocycles. The van der Waals surface area contributed by atoms with Crippen LogP contribution in [0.25, 0.3) is 0 Å². The van der Waals surface area contributed by atoms with Crippen LogP contribution in [-0.2, 0) is 14.6 Å². The Morgan fingerprint density at radius 2 is 1.85 bits per heavy atom. The normalized spacial score (nSPS) is 27.2. The summed E-state index contributed by atoms with van der Waals surface area (Å²) in [7, 11) is -4.20. The maximum Gasteiger partial charge on any atom is 0.364 e. The number of hydrogen-bond acceptors (Lipinski definition) is 2. The molecule has 1 saturated heterocycles. The molecule has 0 spiro atoms. The van der Waals surface area contributed by atoms with Crippen molar-refractivity contribution in [3.8, 4) is 0 Å². The van der Waals surface area contributed by atoms with Crippen LogP contribution in [0.1, 0.15) is 5.56 Å². The van der Waals surface area contributed by atoms with Gasteiger partial charge in [0.2, 0.25) is 5.34 Å². The van der Waals surface area contributed by atoms with Crippen LogP contribution in [0.15, 0.2) is 30.3 Å². The molecule has 1 fully saturated rings. The Hall–Kier alpha value is -0.670. The average Bonchev–Trinajstić information content (AvgIpc) is 2.84. The zero-order valence-electron chi connectivity index (χ0n) is 6.75. The molecular formula is C8H9O4P. The number of hydrogen-bond donors (Lipinski definition) is 2. The Bertz CT molecular complexity index is 352. The fourth-order valence-electron chi connectivity index (χ4n) is 1.27. The van der Waals surface area contributed by atoms with Gasteiger partial charge in [0.05, 0.1) is 6.61 Å². The highest BCUT2D eigenvalue weighted by atomic mass is 31.2. The molecule has 2 rings (SSSR count). The van der Waals surface area contributed by atoms with Crippen molar-refractivity contribution in [2.24, 2.45) is 0 Å². The van der Waals surface area contributed by atoms with Gasteiger partial charge in [0.25, 0.3) is 0 Å². The zero-order valence-corrected chi connectivity index (χ0v) is 7.65. The van der Waals surface area contributed by atoms with E-state index in [4.69, 9.17) is 14.5 Å². The molecule has 0 amide bonds. The summed E-state index contributed by atoms with van der Waals surface area (Å²) in [6, 6.07) is 8.57. The predicted octanol–water partition coefficient (Wildman–Crippen LogP) is 1.05. The maximum atomic E-state index is 11.1. The standard InChI is InChI=1S/C8H9O4P/c9-13(10,11)8(6-12-8)7-4-2-1-3-5-7/h1-5H,6H2,(H2,9,10,11). The molecule has 1 aromatic rings. The van der Waals surface area contributed by atoms with E-state index in [9.17, 15) is 4.57 Å². The Morgan fingerprint density at radius 1 is 1.31 bits per heavy atom. The first-order valence-corrected chi connectivity index (χ1v) is 5.43. The zero-order chi connectivity index (χ0) is 9.53. The Labute approximate surface area is 75.3 Å². The van der Waals surface area contributed by atoms with Crippen LogP contribution in [0, 0.1) is 0 Å². The summed E-state index contributed by atoms with van der Waals surface area (Å²) in [6.07, 6.45) is 0. The molecule has 1 unspecified atom stereocenters. The minimum atomic E-state index is -4.20. The minimum Gasteiger partial charge on any atom is -0.352 e. The van der Waals surface area contributed by atoms with Gasteiger partial charge in [-0.05, 0) is 5.56 Å². The molecule has 4 nitrogen and oxygen atoms in total. The highest BCUT2D eigenvalue weighted by molar-refractivity contribution is 7.53. The van der Waals surface area contributed by atoms with Crippen LogP contribution < -0.4 is 0 Å². The summed E-state index contributed by atoms with van der Waals surface area (Å²) in [4.78, 5) is 18.1. The topological polar surface area (TPSA) is 70.1 Å². The molecule has 5 heteroatoms. The molecular weight excluding hydrogens is 191 g/mol. The van der Waals surface area contributed by atoms with E-state index in [1.807, 2.05) is 0 Å². The van der Waals surface area contributed by atoms with E-state index in [1.54, 1.807) is 30.3 Å². The quantitative estimate of drug-likeness (QED) is 0.552. The summed E-state index contributed by atoms with van der Waals surface area (Å²) in [5, 5.41) is -1.35. The van der Waals surface area contributed by atoms with Crippen LogP contribution in [0.3, 0.4) is 0 Å². The van der Waals surface area contributed by atoms with Crippen molar-refractivity contribution in [1.82, 2.24) is 0 Å². The second-order valence-electron chi connectivity index (χ2n) is 2.98. The molecule has 1 aliphatic heterocycles. The summed E-state index contributed by atoms with van der Waals surface area (Å²) < 4.78 is 16.0. The Balaban J connectivity index is 2.43. The summed E-state index contributed by atoms with van der Waals surface area (Å²) in [6.45, 7) is 0.0985. The van der Waals surface area contributed by atoms with Gasteiger partial charge in [0.1, 0.15) is 0 Å². The third kappa shape index (κ3) is 1.32. The summed E-state index contributed by atoms with van der Waals surface area (Å²) in [5.74, 6) is 0. The number of ether oxygens (including phenoxy) is 1. The van der Waals surface area contributed by atoms with Gasteiger partial charge in [-0.2, -0.15) is 0 Å². The molecule has 0 aromatic heterocycles. The van der Waals surface area contributed by atoms with E-state index in [1.165, 1.54) is 0 Å². The molecule has 13 heavy (non-hydrogen) atoms. The molecule has 1 atom stereocenters. The summed E-state index contributed by atoms with van der Waals surface area (Å²) >= 11 is 0. The smallest absolute Gasteiger partial charge is 0.352 e. The first kappa shape index (κ1) is 8.91. The summed E-state index contributed by atoms with van der Waals surface area (Å²) in [5.41, 5.74) is 0.545. The van der Waals surface area contributed by atoms with Gasteiger partial charge in [0.15, 0.2) is 0 Å². The fourth-order valence-corrected chi connectivity index (χ4v) is 2.16. The first-order chi connectivity index (χ1) is 6.06. The Morgan fingerprint density at radius 3 is 2.23 bits per heavy atom. The molecule has 0 radical (unpaired) electrons. The van der Waals surface area contributed by atoms with Gasteiger partial charge >= 0.3 is 7.60 Å². The van der Waals surface area contributed by atoms with Gasteiger partial charge in [-0.1, -0.05) is 30.3 Å². The molecule has 2 N–H and O–H groups in total. The van der Waals surface area contributed by atoms with Crippen molar-refractivity contribution in [3.63, 3.8) is 0 Å². The van der Waals surface area contributed by atoms with Crippen molar-refractivity contribution in [2.75, 3.05) is 6.61 Å². The fraction of sp³-hybridized carbons (Fsp3) is 0.250. The number of benzene rings is 1. The predicted molar refractivity (Wildman–Crippen MR) is 46.1 cm³/mol. The highest BCUT2D eigenvalue weighted by Gasteiger charge is 2.60. The Kier molecular flexibility index (Phi) is 1.82. The van der Waals surface area contributed by atoms with Crippen molar-refractivity contribution in [2.45, 2.75) is 5.34 Å². The minimum absolute atomic E-state index is 0.0985. The van der Waals surface area contributed by atoms with Crippen molar-refractivity contribution in [1.29, 1.82) is 0 Å². The van der Waals surface area contributed by atoms with Crippen LogP contribution in [0.5, 0.6) is 0 Å². The van der Waals surface area contributed by atoms with Crippen LogP contribution in [0.4, 0.5) is 0 Å². The lowest BCUT2D eigenvalue weighted by atomic mass is 10.2. The van der Waals surface area contributed by atoms with Gasteiger partial charge in [-0.15, -0.1) is 0 Å². The van der Waals surface area contributed by atoms with Crippen LogP contribution in [0.2, 0.25) is 0 Å². The average molecular weight is 200 g/mol. The van der Waals surface area contributed by atoms with E-state index in [-0.39, 0.29) is 6.61 Å². The lowest BCUT2D eigenvalue weighted by Gasteiger charge is -2.13. The van der Waals surface area contributed by atoms with Crippen LogP contribution >= 0.6 is 7.60 Å². The van der Waals surface area contributed by atoms with E-state index >= 15 is 0 Å². The highest BCUT2D eigenvalue weighted by Crippen LogP contribution is 2.65. The lowest BCUT2D eigenvalue weighted by molar-refractivity contribution is 0.290. The molecule has 70 valence electrons. The van der Waals surface area contributed by atoms with E-state index in [0.717, 1.165) is 0 Å². The molecule has 0 saturated carbocycles. The number of rotatable bonds is 2. The first-order valence-electron chi connectivity index (χ1n) is 3.81. The van der Waals surface area contributed by atoms with Gasteiger partial charge in [0, 0.05) is 0 Å². The van der Waals surface area contributed by atoms with Gasteiger partial charge < -0.3 is 14.5 Å². The van der Waals surface area contributed by atoms with Gasteiger partial charge in [-0.25, -0.2) is 0 Å². The maximum absolute atomic E-state index is 11.1. The van der Waals surface area contributed by atoms with Gasteiger partial charge in [-0.3, -0.25) is 4.57 Å². The van der Waals surface area contributed by atoms with Crippen molar-refractivity contribution < 1.29 is 19.1 Å². The third-order valence-electron chi connectivity index (χ3n) is 2.11. The second kappa shape index (κ2) is 2.66. The SMILES string of the molecule is O=P(O)(O)C1(c2ccccc2)CO1. The molecule has 0 bridgehead atoms. The largest absolute Gasteiger partial charge is 0.364 e. The van der Waals surface area contributed by atoms with Crippen molar-refractivity contribution >= 4 is 7.60 Å². The second-order valence-corrected chi connectivity index (χ2v) is 4.79. The van der Waals surface area contributed by atoms with Crippen molar-refractivity contribution in [3.05, 3.63) is 35.9 Å². The van der Waals surface area contributed by atoms with E-state index in [0.29, 0.717) is 5.56 Å². The van der Waals surface area contributed by atoms with E-state index < -0.39 is 12.9 Å². The lowest BCUT2D eigenvalue weighted by Crippen LogP contribution is -2.08. The van der Waals surface area contributed by atoms with Crippen LogP contribution in [-0.4, -0.2) is 16.4 Å². The van der Waals surface area contributed by atoms with E-state index in [2.05, 4.69) is 0 Å². The monoisotopic (exact) mass is 200 g/mol. The molecule has 1 aliphatic rings. The molecule has 1 heterocycles.